The molecule has 0 bridgehead atoms. The normalized spacial score (nSPS) is 17.9. The number of rotatable bonds is 5. The van der Waals surface area contributed by atoms with Gasteiger partial charge >= 0.3 is 0 Å². The van der Waals surface area contributed by atoms with Gasteiger partial charge in [-0.1, -0.05) is 19.9 Å². The molecule has 1 aliphatic rings. The number of ether oxygens (including phenoxy) is 1. The van der Waals surface area contributed by atoms with Gasteiger partial charge in [0.1, 0.15) is 0 Å². The van der Waals surface area contributed by atoms with Gasteiger partial charge in [-0.2, -0.15) is 4.31 Å². The van der Waals surface area contributed by atoms with E-state index in [2.05, 4.69) is 5.32 Å². The number of carbonyl (C=O) groups excluding carboxylic acids is 1. The van der Waals surface area contributed by atoms with E-state index in [-0.39, 0.29) is 16.8 Å². The summed E-state index contributed by atoms with van der Waals surface area (Å²) in [6, 6.07) is 6.20. The second-order valence-corrected chi connectivity index (χ2v) is 7.99. The first-order valence-corrected chi connectivity index (χ1v) is 9.25. The second-order valence-electron chi connectivity index (χ2n) is 6.05. The summed E-state index contributed by atoms with van der Waals surface area (Å²) in [7, 11) is -3.59. The Labute approximate surface area is 137 Å². The van der Waals surface area contributed by atoms with Gasteiger partial charge in [0.2, 0.25) is 10.0 Å². The zero-order valence-corrected chi connectivity index (χ0v) is 14.6. The molecule has 1 amide bonds. The molecule has 1 saturated heterocycles. The summed E-state index contributed by atoms with van der Waals surface area (Å²) < 4.78 is 31.8. The molecular weight excluding hydrogens is 316 g/mol. The van der Waals surface area contributed by atoms with Gasteiger partial charge in [0.25, 0.3) is 5.91 Å². The Kier molecular flexibility index (Phi) is 5.78. The Morgan fingerprint density at radius 1 is 1.22 bits per heavy atom. The Hall–Kier alpha value is -1.44. The van der Waals surface area contributed by atoms with Crippen molar-refractivity contribution in [1.82, 2.24) is 9.62 Å². The maximum atomic E-state index is 12.6. The van der Waals surface area contributed by atoms with Crippen LogP contribution in [0.2, 0.25) is 0 Å². The third kappa shape index (κ3) is 4.31. The number of sulfonamides is 1. The van der Waals surface area contributed by atoms with Crippen LogP contribution >= 0.6 is 0 Å². The molecule has 1 aliphatic heterocycles. The van der Waals surface area contributed by atoms with E-state index in [1.54, 1.807) is 12.1 Å². The van der Waals surface area contributed by atoms with Crippen molar-refractivity contribution in [3.63, 3.8) is 0 Å². The minimum Gasteiger partial charge on any atom is -0.379 e. The van der Waals surface area contributed by atoms with Crippen LogP contribution in [0, 0.1) is 5.92 Å². The summed E-state index contributed by atoms with van der Waals surface area (Å²) in [6.45, 7) is 7.42. The van der Waals surface area contributed by atoms with Crippen molar-refractivity contribution in [2.45, 2.75) is 31.7 Å². The quantitative estimate of drug-likeness (QED) is 0.881. The van der Waals surface area contributed by atoms with Gasteiger partial charge in [0.05, 0.1) is 18.1 Å². The number of morpholine rings is 1. The van der Waals surface area contributed by atoms with Crippen LogP contribution in [-0.2, 0) is 14.8 Å². The van der Waals surface area contributed by atoms with Crippen LogP contribution in [0.15, 0.2) is 29.2 Å². The summed E-state index contributed by atoms with van der Waals surface area (Å²) in [5.74, 6) is 0.0458. The highest BCUT2D eigenvalue weighted by molar-refractivity contribution is 7.89. The van der Waals surface area contributed by atoms with Crippen LogP contribution in [0.3, 0.4) is 0 Å². The van der Waals surface area contributed by atoms with Gasteiger partial charge in [-0.25, -0.2) is 8.42 Å². The molecule has 1 aromatic rings. The summed E-state index contributed by atoms with van der Waals surface area (Å²) in [5, 5.41) is 2.89. The molecule has 0 spiro atoms. The fraction of sp³-hybridized carbons (Fsp3) is 0.562. The maximum absolute atomic E-state index is 12.6. The lowest BCUT2D eigenvalue weighted by Crippen LogP contribution is -2.40. The van der Waals surface area contributed by atoms with Crippen molar-refractivity contribution in [2.75, 3.05) is 26.3 Å². The van der Waals surface area contributed by atoms with Gasteiger partial charge < -0.3 is 10.1 Å². The topological polar surface area (TPSA) is 75.7 Å². The zero-order chi connectivity index (χ0) is 17.0. The second kappa shape index (κ2) is 7.42. The van der Waals surface area contributed by atoms with Crippen molar-refractivity contribution in [2.24, 2.45) is 5.92 Å². The molecule has 128 valence electrons. The van der Waals surface area contributed by atoms with E-state index in [1.165, 1.54) is 16.4 Å². The zero-order valence-electron chi connectivity index (χ0n) is 13.8. The van der Waals surface area contributed by atoms with Gasteiger partial charge in [-0.3, -0.25) is 4.79 Å². The Bertz CT molecular complexity index is 652. The van der Waals surface area contributed by atoms with Gasteiger partial charge in [-0.15, -0.1) is 0 Å². The lowest BCUT2D eigenvalue weighted by Gasteiger charge is -2.26. The van der Waals surface area contributed by atoms with Crippen molar-refractivity contribution in [3.8, 4) is 0 Å². The average Bonchev–Trinajstić information content (AvgIpc) is 2.55. The molecule has 7 heteroatoms. The van der Waals surface area contributed by atoms with Crippen molar-refractivity contribution in [1.29, 1.82) is 0 Å². The summed E-state index contributed by atoms with van der Waals surface area (Å²) in [4.78, 5) is 12.4. The van der Waals surface area contributed by atoms with Crippen LogP contribution in [0.4, 0.5) is 0 Å². The molecule has 1 aromatic carbocycles. The van der Waals surface area contributed by atoms with Crippen molar-refractivity contribution < 1.29 is 17.9 Å². The molecule has 1 N–H and O–H groups in total. The van der Waals surface area contributed by atoms with Gasteiger partial charge in [-0.05, 0) is 31.0 Å². The van der Waals surface area contributed by atoms with E-state index in [4.69, 9.17) is 4.74 Å². The van der Waals surface area contributed by atoms with Crippen LogP contribution < -0.4 is 5.32 Å². The largest absolute Gasteiger partial charge is 0.379 e. The van der Waals surface area contributed by atoms with E-state index in [0.717, 1.165) is 0 Å². The first kappa shape index (κ1) is 17.9. The molecule has 1 atom stereocenters. The minimum absolute atomic E-state index is 0.0157. The molecule has 0 aliphatic carbocycles. The standard InChI is InChI=1S/C16H24N2O4S/c1-12(2)13(3)17-16(19)14-5-4-6-15(11-14)23(20,21)18-7-9-22-10-8-18/h4-6,11-13H,7-10H2,1-3H3,(H,17,19)/t13-/m1/s1. The smallest absolute Gasteiger partial charge is 0.251 e. The van der Waals surface area contributed by atoms with Crippen LogP contribution in [-0.4, -0.2) is 51.0 Å². The molecule has 6 nitrogen and oxygen atoms in total. The predicted molar refractivity (Wildman–Crippen MR) is 87.8 cm³/mol. The molecule has 2 rings (SSSR count). The Morgan fingerprint density at radius 3 is 2.48 bits per heavy atom. The molecule has 0 unspecified atom stereocenters. The number of nitrogens with zero attached hydrogens (tertiary/aromatic N) is 1. The summed E-state index contributed by atoms with van der Waals surface area (Å²) in [5.41, 5.74) is 0.354. The molecule has 1 fully saturated rings. The fourth-order valence-electron chi connectivity index (χ4n) is 2.19. The SMILES string of the molecule is CC(C)[C@@H](C)NC(=O)c1cccc(S(=O)(=O)N2CCOCC2)c1. The molecule has 0 saturated carbocycles. The molecular formula is C16H24N2O4S. The third-order valence-electron chi connectivity index (χ3n) is 4.06. The van der Waals surface area contributed by atoms with E-state index < -0.39 is 10.0 Å². The van der Waals surface area contributed by atoms with Crippen LogP contribution in [0.5, 0.6) is 0 Å². The van der Waals surface area contributed by atoms with Crippen LogP contribution in [0.25, 0.3) is 0 Å². The number of amides is 1. The maximum Gasteiger partial charge on any atom is 0.251 e. The summed E-state index contributed by atoms with van der Waals surface area (Å²) >= 11 is 0. The van der Waals surface area contributed by atoms with Crippen molar-refractivity contribution >= 4 is 15.9 Å². The predicted octanol–water partition coefficient (Wildman–Crippen LogP) is 1.48. The lowest BCUT2D eigenvalue weighted by molar-refractivity contribution is 0.0730. The highest BCUT2D eigenvalue weighted by Crippen LogP contribution is 2.18. The first-order chi connectivity index (χ1) is 10.8. The molecule has 1 heterocycles. The van der Waals surface area contributed by atoms with Crippen molar-refractivity contribution in [3.05, 3.63) is 29.8 Å². The number of hydrogen-bond acceptors (Lipinski definition) is 4. The highest BCUT2D eigenvalue weighted by atomic mass is 32.2. The fourth-order valence-corrected chi connectivity index (χ4v) is 3.64. The lowest BCUT2D eigenvalue weighted by atomic mass is 10.1. The highest BCUT2D eigenvalue weighted by Gasteiger charge is 2.27. The average molecular weight is 340 g/mol. The first-order valence-electron chi connectivity index (χ1n) is 7.81. The minimum atomic E-state index is -3.59. The van der Waals surface area contributed by atoms with E-state index in [9.17, 15) is 13.2 Å². The van der Waals surface area contributed by atoms with Gasteiger partial charge in [0.15, 0.2) is 0 Å². The number of benzene rings is 1. The third-order valence-corrected chi connectivity index (χ3v) is 5.96. The number of carbonyl (C=O) groups is 1. The number of hydrogen-bond donors (Lipinski definition) is 1. The van der Waals surface area contributed by atoms with E-state index in [0.29, 0.717) is 37.8 Å². The Morgan fingerprint density at radius 2 is 1.87 bits per heavy atom. The Balaban J connectivity index is 2.20. The molecule has 23 heavy (non-hydrogen) atoms. The molecule has 0 aromatic heterocycles. The van der Waals surface area contributed by atoms with Gasteiger partial charge in [0, 0.05) is 24.7 Å². The van der Waals surface area contributed by atoms with Crippen LogP contribution in [0.1, 0.15) is 31.1 Å². The number of nitrogens with one attached hydrogen (secondary N) is 1. The molecule has 0 radical (unpaired) electrons. The summed E-state index contributed by atoms with van der Waals surface area (Å²) in [6.07, 6.45) is 0. The monoisotopic (exact) mass is 340 g/mol. The van der Waals surface area contributed by atoms with E-state index >= 15 is 0 Å². The van der Waals surface area contributed by atoms with E-state index in [1.807, 2.05) is 20.8 Å².